The number of carbonyl (C=O) groups excluding carboxylic acids is 1. The summed E-state index contributed by atoms with van der Waals surface area (Å²) in [6.07, 6.45) is 2.33. The molecule has 2 nitrogen and oxygen atoms in total. The fourth-order valence-electron chi connectivity index (χ4n) is 0.889. The van der Waals surface area contributed by atoms with Crippen molar-refractivity contribution in [2.45, 2.75) is 24.6 Å². The Hall–Kier alpha value is -0.240. The van der Waals surface area contributed by atoms with Crippen LogP contribution in [0.3, 0.4) is 0 Å². The van der Waals surface area contributed by atoms with E-state index in [4.69, 9.17) is 11.6 Å². The topological polar surface area (TPSA) is 29.1 Å². The third-order valence-electron chi connectivity index (χ3n) is 1.46. The molecule has 52 valence electrons. The van der Waals surface area contributed by atoms with Gasteiger partial charge >= 0.3 is 0 Å². The van der Waals surface area contributed by atoms with E-state index in [1.807, 2.05) is 0 Å². The molecule has 0 aliphatic carbocycles. The van der Waals surface area contributed by atoms with Gasteiger partial charge in [-0.2, -0.15) is 0 Å². The van der Waals surface area contributed by atoms with Crippen LogP contribution in [0, 0.1) is 0 Å². The fourth-order valence-corrected chi connectivity index (χ4v) is 1.11. The number of nitrogens with one attached hydrogen (secondary N) is 1. The molecular formula is C6H10ClNO. The summed E-state index contributed by atoms with van der Waals surface area (Å²) < 4.78 is 0. The van der Waals surface area contributed by atoms with E-state index in [1.54, 1.807) is 0 Å². The van der Waals surface area contributed by atoms with Gasteiger partial charge in [0.25, 0.3) is 0 Å². The zero-order chi connectivity index (χ0) is 6.69. The van der Waals surface area contributed by atoms with Crippen LogP contribution < -0.4 is 5.32 Å². The van der Waals surface area contributed by atoms with Crippen molar-refractivity contribution < 1.29 is 4.79 Å². The molecule has 1 saturated heterocycles. The zero-order valence-electron chi connectivity index (χ0n) is 5.19. The van der Waals surface area contributed by atoms with E-state index >= 15 is 0 Å². The molecule has 1 rings (SSSR count). The van der Waals surface area contributed by atoms with Crippen molar-refractivity contribution in [1.29, 1.82) is 0 Å². The summed E-state index contributed by atoms with van der Waals surface area (Å²) in [6.45, 7) is 0.743. The molecule has 1 fully saturated rings. The molecule has 1 heterocycles. The van der Waals surface area contributed by atoms with Crippen LogP contribution in [0.1, 0.15) is 19.3 Å². The Morgan fingerprint density at radius 2 is 2.33 bits per heavy atom. The van der Waals surface area contributed by atoms with Crippen molar-refractivity contribution in [3.8, 4) is 0 Å². The maximum Gasteiger partial charge on any atom is 0.220 e. The Balaban J connectivity index is 2.34. The van der Waals surface area contributed by atoms with Crippen molar-refractivity contribution in [2.24, 2.45) is 0 Å². The second kappa shape index (κ2) is 3.06. The summed E-state index contributed by atoms with van der Waals surface area (Å²) in [5.74, 6) is 0.137. The average Bonchev–Trinajstić information content (AvgIpc) is 1.97. The summed E-state index contributed by atoms with van der Waals surface area (Å²) in [5, 5.41) is 2.95. The number of halogens is 1. The molecule has 0 radical (unpaired) electrons. The molecule has 1 atom stereocenters. The van der Waals surface area contributed by atoms with Gasteiger partial charge in [0.05, 0.1) is 0 Å². The molecule has 9 heavy (non-hydrogen) atoms. The maximum atomic E-state index is 10.7. The summed E-state index contributed by atoms with van der Waals surface area (Å²) in [5.41, 5.74) is 0. The molecule has 0 bridgehead atoms. The Bertz CT molecular complexity index is 116. The second-order valence-electron chi connectivity index (χ2n) is 2.27. The molecule has 0 aromatic rings. The van der Waals surface area contributed by atoms with Crippen LogP contribution in [0.25, 0.3) is 0 Å². The number of amides is 1. The van der Waals surface area contributed by atoms with E-state index in [0.29, 0.717) is 6.42 Å². The molecule has 0 spiro atoms. The van der Waals surface area contributed by atoms with Gasteiger partial charge in [0, 0.05) is 18.3 Å². The molecule has 3 heteroatoms. The fraction of sp³-hybridized carbons (Fsp3) is 0.833. The van der Waals surface area contributed by atoms with Crippen molar-refractivity contribution >= 4 is 17.5 Å². The SMILES string of the molecule is O=C1CCC(Cl)CCN1. The standard InChI is InChI=1S/C6H10ClNO/c7-5-1-2-6(9)8-4-3-5/h5H,1-4H2,(H,8,9). The van der Waals surface area contributed by atoms with Gasteiger partial charge in [0.1, 0.15) is 0 Å². The van der Waals surface area contributed by atoms with Crippen LogP contribution in [0.5, 0.6) is 0 Å². The molecule has 1 N–H and O–H groups in total. The third-order valence-corrected chi connectivity index (χ3v) is 1.90. The zero-order valence-corrected chi connectivity index (χ0v) is 5.95. The largest absolute Gasteiger partial charge is 0.356 e. The summed E-state index contributed by atoms with van der Waals surface area (Å²) in [7, 11) is 0. The lowest BCUT2D eigenvalue weighted by molar-refractivity contribution is -0.120. The minimum absolute atomic E-state index is 0.137. The van der Waals surface area contributed by atoms with Crippen LogP contribution in [0.2, 0.25) is 0 Å². The van der Waals surface area contributed by atoms with E-state index in [1.165, 1.54) is 0 Å². The Kier molecular flexibility index (Phi) is 2.34. The van der Waals surface area contributed by atoms with Gasteiger partial charge in [-0.3, -0.25) is 4.79 Å². The lowest BCUT2D eigenvalue weighted by atomic mass is 10.2. The minimum Gasteiger partial charge on any atom is -0.356 e. The third kappa shape index (κ3) is 2.22. The Morgan fingerprint density at radius 3 is 3.11 bits per heavy atom. The van der Waals surface area contributed by atoms with E-state index in [0.717, 1.165) is 19.4 Å². The second-order valence-corrected chi connectivity index (χ2v) is 2.89. The highest BCUT2D eigenvalue weighted by atomic mass is 35.5. The summed E-state index contributed by atoms with van der Waals surface area (Å²) >= 11 is 5.79. The van der Waals surface area contributed by atoms with E-state index in [-0.39, 0.29) is 11.3 Å². The highest BCUT2D eigenvalue weighted by Gasteiger charge is 2.12. The molecular weight excluding hydrogens is 138 g/mol. The van der Waals surface area contributed by atoms with Crippen LogP contribution in [0.15, 0.2) is 0 Å². The number of hydrogen-bond donors (Lipinski definition) is 1. The Labute approximate surface area is 59.6 Å². The van der Waals surface area contributed by atoms with E-state index in [9.17, 15) is 4.79 Å². The van der Waals surface area contributed by atoms with E-state index in [2.05, 4.69) is 5.32 Å². The number of carbonyl (C=O) groups is 1. The summed E-state index contributed by atoms with van der Waals surface area (Å²) in [6, 6.07) is 0. The average molecular weight is 148 g/mol. The molecule has 1 aliphatic rings. The normalized spacial score (nSPS) is 29.0. The van der Waals surface area contributed by atoms with Gasteiger partial charge in [-0.25, -0.2) is 0 Å². The van der Waals surface area contributed by atoms with Gasteiger partial charge < -0.3 is 5.32 Å². The summed E-state index contributed by atoms with van der Waals surface area (Å²) in [4.78, 5) is 10.7. The van der Waals surface area contributed by atoms with Crippen molar-refractivity contribution in [2.75, 3.05) is 6.54 Å². The number of alkyl halides is 1. The van der Waals surface area contributed by atoms with Gasteiger partial charge in [0.2, 0.25) is 5.91 Å². The molecule has 0 aromatic heterocycles. The smallest absolute Gasteiger partial charge is 0.220 e. The van der Waals surface area contributed by atoms with E-state index < -0.39 is 0 Å². The quantitative estimate of drug-likeness (QED) is 0.507. The number of rotatable bonds is 0. The molecule has 0 saturated carbocycles. The van der Waals surface area contributed by atoms with Crippen LogP contribution >= 0.6 is 11.6 Å². The van der Waals surface area contributed by atoms with Gasteiger partial charge in [-0.1, -0.05) is 0 Å². The van der Waals surface area contributed by atoms with Crippen LogP contribution in [-0.4, -0.2) is 17.8 Å². The maximum absolute atomic E-state index is 10.7. The first kappa shape index (κ1) is 6.87. The number of hydrogen-bond acceptors (Lipinski definition) is 1. The molecule has 1 aliphatic heterocycles. The predicted octanol–water partition coefficient (Wildman–Crippen LogP) is 0.894. The van der Waals surface area contributed by atoms with Gasteiger partial charge in [0.15, 0.2) is 0 Å². The lowest BCUT2D eigenvalue weighted by Crippen LogP contribution is -2.21. The lowest BCUT2D eigenvalue weighted by Gasteiger charge is -1.99. The van der Waals surface area contributed by atoms with Crippen molar-refractivity contribution in [1.82, 2.24) is 5.32 Å². The minimum atomic E-state index is 0.137. The first-order valence-corrected chi connectivity index (χ1v) is 3.63. The highest BCUT2D eigenvalue weighted by molar-refractivity contribution is 6.20. The molecule has 1 amide bonds. The van der Waals surface area contributed by atoms with Crippen molar-refractivity contribution in [3.05, 3.63) is 0 Å². The van der Waals surface area contributed by atoms with Gasteiger partial charge in [-0.15, -0.1) is 11.6 Å². The monoisotopic (exact) mass is 147 g/mol. The Morgan fingerprint density at radius 1 is 1.56 bits per heavy atom. The van der Waals surface area contributed by atoms with Crippen LogP contribution in [0.4, 0.5) is 0 Å². The van der Waals surface area contributed by atoms with Crippen LogP contribution in [-0.2, 0) is 4.79 Å². The molecule has 0 aromatic carbocycles. The highest BCUT2D eigenvalue weighted by Crippen LogP contribution is 2.11. The predicted molar refractivity (Wildman–Crippen MR) is 36.5 cm³/mol. The van der Waals surface area contributed by atoms with Crippen molar-refractivity contribution in [3.63, 3.8) is 0 Å². The first-order chi connectivity index (χ1) is 4.29. The van der Waals surface area contributed by atoms with Gasteiger partial charge in [-0.05, 0) is 12.8 Å². The first-order valence-electron chi connectivity index (χ1n) is 3.20. The molecule has 1 unspecified atom stereocenters.